The number of carbonyl (C=O) groups excluding carboxylic acids is 1. The molecular weight excluding hydrogens is 240 g/mol. The summed E-state index contributed by atoms with van der Waals surface area (Å²) in [5, 5.41) is 5.65. The zero-order valence-corrected chi connectivity index (χ0v) is 10.3. The molecule has 1 saturated heterocycles. The Morgan fingerprint density at radius 1 is 1.35 bits per heavy atom. The number of hydrogen-bond acceptors (Lipinski definition) is 4. The summed E-state index contributed by atoms with van der Waals surface area (Å²) in [6, 6.07) is 6.42. The van der Waals surface area contributed by atoms with Gasteiger partial charge in [-0.05, 0) is 12.1 Å². The first-order valence-electron chi connectivity index (χ1n) is 5.29. The summed E-state index contributed by atoms with van der Waals surface area (Å²) in [7, 11) is -3.32. The quantitative estimate of drug-likeness (QED) is 0.810. The first-order valence-corrected chi connectivity index (χ1v) is 7.18. The number of carbonyl (C=O) groups is 1. The van der Waals surface area contributed by atoms with Crippen LogP contribution in [-0.4, -0.2) is 33.7 Å². The van der Waals surface area contributed by atoms with Gasteiger partial charge in [0.05, 0.1) is 16.5 Å². The molecule has 0 saturated carbocycles. The summed E-state index contributed by atoms with van der Waals surface area (Å²) in [4.78, 5) is 11.9. The highest BCUT2D eigenvalue weighted by Gasteiger charge is 2.26. The molecule has 1 amide bonds. The van der Waals surface area contributed by atoms with Gasteiger partial charge < -0.3 is 10.6 Å². The number of sulfone groups is 1. The monoisotopic (exact) mass is 254 g/mol. The van der Waals surface area contributed by atoms with Gasteiger partial charge in [0, 0.05) is 19.3 Å². The van der Waals surface area contributed by atoms with E-state index in [9.17, 15) is 13.2 Å². The summed E-state index contributed by atoms with van der Waals surface area (Å²) in [6.45, 7) is 1.29. The number of hydrogen-bond donors (Lipinski definition) is 2. The van der Waals surface area contributed by atoms with Crippen molar-refractivity contribution in [1.82, 2.24) is 5.32 Å². The maximum atomic E-state index is 11.7. The minimum absolute atomic E-state index is 0.0670. The van der Waals surface area contributed by atoms with E-state index >= 15 is 0 Å². The third kappa shape index (κ3) is 2.65. The lowest BCUT2D eigenvalue weighted by Crippen LogP contribution is -2.48. The van der Waals surface area contributed by atoms with Gasteiger partial charge in [-0.2, -0.15) is 0 Å². The van der Waals surface area contributed by atoms with Gasteiger partial charge >= 0.3 is 0 Å². The highest BCUT2D eigenvalue weighted by molar-refractivity contribution is 7.90. The summed E-state index contributed by atoms with van der Waals surface area (Å²) in [5.74, 6) is -0.206. The standard InChI is InChI=1S/C11H14N2O3S/c1-17(15,16)10-5-3-2-4-9(10)13-11(14)8-6-12-7-8/h2-5,8,12H,6-7H2,1H3,(H,13,14). The van der Waals surface area contributed by atoms with E-state index in [1.807, 2.05) is 0 Å². The van der Waals surface area contributed by atoms with Crippen LogP contribution in [0.25, 0.3) is 0 Å². The van der Waals surface area contributed by atoms with Crippen LogP contribution < -0.4 is 10.6 Å². The van der Waals surface area contributed by atoms with E-state index in [2.05, 4.69) is 10.6 Å². The molecule has 0 aliphatic carbocycles. The summed E-state index contributed by atoms with van der Waals surface area (Å²) < 4.78 is 23.0. The van der Waals surface area contributed by atoms with E-state index in [0.717, 1.165) is 6.26 Å². The molecule has 0 bridgehead atoms. The van der Waals surface area contributed by atoms with Crippen molar-refractivity contribution in [2.45, 2.75) is 4.90 Å². The fraction of sp³-hybridized carbons (Fsp3) is 0.364. The zero-order valence-electron chi connectivity index (χ0n) is 9.43. The molecule has 0 radical (unpaired) electrons. The van der Waals surface area contributed by atoms with Gasteiger partial charge in [-0.3, -0.25) is 4.79 Å². The molecule has 1 heterocycles. The number of benzene rings is 1. The molecule has 2 N–H and O–H groups in total. The van der Waals surface area contributed by atoms with Crippen LogP contribution >= 0.6 is 0 Å². The Kier molecular flexibility index (Phi) is 3.17. The Morgan fingerprint density at radius 3 is 2.53 bits per heavy atom. The molecule has 1 fully saturated rings. The van der Waals surface area contributed by atoms with Gasteiger partial charge in [-0.15, -0.1) is 0 Å². The second-order valence-electron chi connectivity index (χ2n) is 4.11. The van der Waals surface area contributed by atoms with Gasteiger partial charge in [0.2, 0.25) is 5.91 Å². The molecule has 0 unspecified atom stereocenters. The Bertz CT molecular complexity index is 535. The fourth-order valence-electron chi connectivity index (χ4n) is 1.60. The molecule has 0 atom stereocenters. The van der Waals surface area contributed by atoms with Crippen LogP contribution in [0.15, 0.2) is 29.2 Å². The lowest BCUT2D eigenvalue weighted by Gasteiger charge is -2.26. The number of rotatable bonds is 3. The predicted octanol–water partition coefficient (Wildman–Crippen LogP) is 0.248. The van der Waals surface area contributed by atoms with E-state index in [-0.39, 0.29) is 16.7 Å². The van der Waals surface area contributed by atoms with Gasteiger partial charge in [-0.25, -0.2) is 8.42 Å². The lowest BCUT2D eigenvalue weighted by atomic mass is 10.0. The van der Waals surface area contributed by atoms with Crippen LogP contribution in [0.2, 0.25) is 0 Å². The molecule has 1 aliphatic heterocycles. The Hall–Kier alpha value is -1.40. The number of nitrogens with one attached hydrogen (secondary N) is 2. The van der Waals surface area contributed by atoms with Crippen LogP contribution in [0.5, 0.6) is 0 Å². The maximum Gasteiger partial charge on any atom is 0.230 e. The van der Waals surface area contributed by atoms with Gasteiger partial charge in [0.1, 0.15) is 0 Å². The molecule has 0 aromatic heterocycles. The number of anilines is 1. The first-order chi connectivity index (χ1) is 7.98. The topological polar surface area (TPSA) is 75.3 Å². The van der Waals surface area contributed by atoms with Crippen LogP contribution in [0.3, 0.4) is 0 Å². The summed E-state index contributed by atoms with van der Waals surface area (Å²) in [5.41, 5.74) is 0.354. The van der Waals surface area contributed by atoms with Crippen molar-refractivity contribution in [3.63, 3.8) is 0 Å². The third-order valence-electron chi connectivity index (χ3n) is 2.70. The molecular formula is C11H14N2O3S. The summed E-state index contributed by atoms with van der Waals surface area (Å²) in [6.07, 6.45) is 1.13. The van der Waals surface area contributed by atoms with E-state index in [1.54, 1.807) is 18.2 Å². The molecule has 1 aromatic carbocycles. The van der Waals surface area contributed by atoms with Crippen LogP contribution in [-0.2, 0) is 14.6 Å². The lowest BCUT2D eigenvalue weighted by molar-refractivity contribution is -0.121. The average molecular weight is 254 g/mol. The molecule has 6 heteroatoms. The molecule has 0 spiro atoms. The molecule has 17 heavy (non-hydrogen) atoms. The summed E-state index contributed by atoms with van der Waals surface area (Å²) >= 11 is 0. The van der Waals surface area contributed by atoms with Gasteiger partial charge in [-0.1, -0.05) is 12.1 Å². The van der Waals surface area contributed by atoms with Gasteiger partial charge in [0.15, 0.2) is 9.84 Å². The number of para-hydroxylation sites is 1. The minimum Gasteiger partial charge on any atom is -0.325 e. The SMILES string of the molecule is CS(=O)(=O)c1ccccc1NC(=O)C1CNC1. The van der Waals surface area contributed by atoms with Crippen LogP contribution in [0, 0.1) is 5.92 Å². The molecule has 1 aromatic rings. The predicted molar refractivity (Wildman–Crippen MR) is 64.5 cm³/mol. The number of amides is 1. The molecule has 92 valence electrons. The van der Waals surface area contributed by atoms with Crippen molar-refractivity contribution in [3.05, 3.63) is 24.3 Å². The molecule has 1 aliphatic rings. The second-order valence-corrected chi connectivity index (χ2v) is 6.10. The first kappa shape index (κ1) is 12.1. The normalized spacial score (nSPS) is 16.3. The van der Waals surface area contributed by atoms with Crippen LogP contribution in [0.1, 0.15) is 0 Å². The van der Waals surface area contributed by atoms with Crippen molar-refractivity contribution >= 4 is 21.4 Å². The second kappa shape index (κ2) is 4.46. The van der Waals surface area contributed by atoms with Crippen LogP contribution in [0.4, 0.5) is 5.69 Å². The van der Waals surface area contributed by atoms with E-state index in [4.69, 9.17) is 0 Å². The molecule has 2 rings (SSSR count). The molecule has 5 nitrogen and oxygen atoms in total. The van der Waals surface area contributed by atoms with E-state index in [1.165, 1.54) is 6.07 Å². The van der Waals surface area contributed by atoms with E-state index in [0.29, 0.717) is 18.8 Å². The largest absolute Gasteiger partial charge is 0.325 e. The van der Waals surface area contributed by atoms with Crippen molar-refractivity contribution in [2.75, 3.05) is 24.7 Å². The highest BCUT2D eigenvalue weighted by atomic mass is 32.2. The third-order valence-corrected chi connectivity index (χ3v) is 3.85. The zero-order chi connectivity index (χ0) is 12.5. The highest BCUT2D eigenvalue weighted by Crippen LogP contribution is 2.21. The maximum absolute atomic E-state index is 11.7. The Balaban J connectivity index is 2.23. The van der Waals surface area contributed by atoms with Crippen molar-refractivity contribution in [1.29, 1.82) is 0 Å². The average Bonchev–Trinajstić information content (AvgIpc) is 2.13. The van der Waals surface area contributed by atoms with E-state index < -0.39 is 9.84 Å². The van der Waals surface area contributed by atoms with Crippen molar-refractivity contribution in [2.24, 2.45) is 5.92 Å². The Labute approximate surface area is 100 Å². The van der Waals surface area contributed by atoms with Gasteiger partial charge in [0.25, 0.3) is 0 Å². The smallest absolute Gasteiger partial charge is 0.230 e. The minimum atomic E-state index is -3.32. The Morgan fingerprint density at radius 2 is 2.00 bits per heavy atom. The van der Waals surface area contributed by atoms with Crippen molar-refractivity contribution < 1.29 is 13.2 Å². The fourth-order valence-corrected chi connectivity index (χ4v) is 2.45. The van der Waals surface area contributed by atoms with Crippen molar-refractivity contribution in [3.8, 4) is 0 Å².